The number of carboxylic acid groups (broad SMARTS) is 1. The minimum Gasteiger partial charge on any atom is -0.550 e. The number of hydrogen-bond acceptors (Lipinski definition) is 6. The van der Waals surface area contributed by atoms with Crippen molar-refractivity contribution in [3.05, 3.63) is 0 Å². The highest BCUT2D eigenvalue weighted by molar-refractivity contribution is 5.77. The zero-order chi connectivity index (χ0) is 22.8. The molecular formula is C27H65N2O6+. The molecule has 0 amide bonds. The maximum Gasteiger partial charge on any atom is 0.309 e. The van der Waals surface area contributed by atoms with Crippen LogP contribution in [0, 0.1) is 17.8 Å². The number of ether oxygens (including phenoxy) is 2. The molecule has 0 aliphatic rings. The Hall–Kier alpha value is -1.67. The molecule has 8 heteroatoms. The van der Waals surface area contributed by atoms with Crippen LogP contribution in [0.15, 0.2) is 0 Å². The molecule has 0 N–H and O–H groups in total. The molecule has 35 heavy (non-hydrogen) atoms. The van der Waals surface area contributed by atoms with Crippen LogP contribution in [0.1, 0.15) is 77.7 Å². The lowest BCUT2D eigenvalue weighted by Gasteiger charge is -2.26. The van der Waals surface area contributed by atoms with Crippen molar-refractivity contribution < 1.29 is 37.9 Å². The molecule has 3 unspecified atom stereocenters. The van der Waals surface area contributed by atoms with E-state index >= 15 is 0 Å². The van der Waals surface area contributed by atoms with Crippen LogP contribution in [0.3, 0.4) is 0 Å². The molecule has 0 aromatic heterocycles. The summed E-state index contributed by atoms with van der Waals surface area (Å²) in [4.78, 5) is 36.2. The Morgan fingerprint density at radius 3 is 1.31 bits per heavy atom. The quantitative estimate of drug-likeness (QED) is 0.256. The first kappa shape index (κ1) is 50.3. The lowest BCUT2D eigenvalue weighted by molar-refractivity contribution is -0.870. The predicted molar refractivity (Wildman–Crippen MR) is 149 cm³/mol. The van der Waals surface area contributed by atoms with Gasteiger partial charge in [-0.25, -0.2) is 0 Å². The molecular weight excluding hydrogens is 448 g/mol. The number of rotatable bonds is 14. The van der Waals surface area contributed by atoms with Gasteiger partial charge in [-0.15, -0.1) is 0 Å². The highest BCUT2D eigenvalue weighted by Gasteiger charge is 2.30. The third-order valence-corrected chi connectivity index (χ3v) is 4.78. The molecule has 0 aliphatic heterocycles. The first-order valence-corrected chi connectivity index (χ1v) is 10.3. The van der Waals surface area contributed by atoms with Gasteiger partial charge in [-0.3, -0.25) is 9.59 Å². The van der Waals surface area contributed by atoms with E-state index in [1.54, 1.807) is 0 Å². The molecule has 0 bridgehead atoms. The summed E-state index contributed by atoms with van der Waals surface area (Å²) in [5.41, 5.74) is 0. The average molecular weight is 514 g/mol. The normalized spacial score (nSPS) is 12.7. The van der Waals surface area contributed by atoms with Gasteiger partial charge in [0.15, 0.2) is 0 Å². The zero-order valence-corrected chi connectivity index (χ0v) is 19.5. The van der Waals surface area contributed by atoms with Gasteiger partial charge in [-0.1, -0.05) is 58.4 Å². The van der Waals surface area contributed by atoms with Crippen LogP contribution >= 0.6 is 0 Å². The SMILES string of the molecule is C.C.C.C.C.C.CCC(CC(CC(C)C(=O)[O-])C(=O)OCC[N+](C)(C)C)C(=O)OCC[N+](C)(C)C. The van der Waals surface area contributed by atoms with Crippen molar-refractivity contribution in [3.63, 3.8) is 0 Å². The molecule has 0 spiro atoms. The van der Waals surface area contributed by atoms with Crippen molar-refractivity contribution in [3.8, 4) is 0 Å². The molecule has 8 nitrogen and oxygen atoms in total. The Morgan fingerprint density at radius 2 is 1.03 bits per heavy atom. The summed E-state index contributed by atoms with van der Waals surface area (Å²) >= 11 is 0. The van der Waals surface area contributed by atoms with Crippen LogP contribution in [-0.4, -0.2) is 95.5 Å². The van der Waals surface area contributed by atoms with E-state index in [0.717, 1.165) is 0 Å². The topological polar surface area (TPSA) is 92.7 Å². The second-order valence-electron chi connectivity index (χ2n) is 9.86. The molecule has 0 rings (SSSR count). The van der Waals surface area contributed by atoms with Gasteiger partial charge < -0.3 is 28.3 Å². The number of quaternary nitrogens is 2. The smallest absolute Gasteiger partial charge is 0.309 e. The van der Waals surface area contributed by atoms with Crippen molar-refractivity contribution in [1.82, 2.24) is 0 Å². The molecule has 0 radical (unpaired) electrons. The van der Waals surface area contributed by atoms with Crippen molar-refractivity contribution >= 4 is 17.9 Å². The molecule has 0 fully saturated rings. The van der Waals surface area contributed by atoms with Crippen molar-refractivity contribution in [2.45, 2.75) is 77.7 Å². The Kier molecular flexibility index (Phi) is 32.7. The second-order valence-corrected chi connectivity index (χ2v) is 9.86. The minimum absolute atomic E-state index is 0. The predicted octanol–water partition coefficient (Wildman–Crippen LogP) is 4.11. The zero-order valence-electron chi connectivity index (χ0n) is 19.5. The molecule has 218 valence electrons. The van der Waals surface area contributed by atoms with Crippen LogP contribution in [0.2, 0.25) is 0 Å². The summed E-state index contributed by atoms with van der Waals surface area (Å²) in [5, 5.41) is 11.2. The first-order chi connectivity index (χ1) is 13.2. The number of hydrogen-bond donors (Lipinski definition) is 0. The van der Waals surface area contributed by atoms with Gasteiger partial charge in [-0.2, -0.15) is 0 Å². The molecule has 3 atom stereocenters. The largest absolute Gasteiger partial charge is 0.550 e. The van der Waals surface area contributed by atoms with E-state index in [2.05, 4.69) is 0 Å². The Morgan fingerprint density at radius 1 is 0.686 bits per heavy atom. The number of aliphatic carboxylic acids is 1. The highest BCUT2D eigenvalue weighted by Crippen LogP contribution is 2.25. The molecule has 0 heterocycles. The van der Waals surface area contributed by atoms with Crippen LogP contribution < -0.4 is 5.11 Å². The van der Waals surface area contributed by atoms with Gasteiger partial charge in [0.2, 0.25) is 0 Å². The monoisotopic (exact) mass is 513 g/mol. The summed E-state index contributed by atoms with van der Waals surface area (Å²) < 4.78 is 12.1. The summed E-state index contributed by atoms with van der Waals surface area (Å²) in [5.74, 6) is -4.01. The van der Waals surface area contributed by atoms with Gasteiger partial charge in [0, 0.05) is 5.97 Å². The van der Waals surface area contributed by atoms with Crippen LogP contribution in [-0.2, 0) is 23.9 Å². The fourth-order valence-electron chi connectivity index (χ4n) is 2.66. The Labute approximate surface area is 220 Å². The summed E-state index contributed by atoms with van der Waals surface area (Å²) in [6.45, 7) is 5.21. The van der Waals surface area contributed by atoms with E-state index in [4.69, 9.17) is 9.47 Å². The number of likely N-dealkylation sites (N-methyl/N-ethyl adjacent to an activating group) is 2. The second kappa shape index (κ2) is 22.8. The van der Waals surface area contributed by atoms with E-state index in [9.17, 15) is 19.5 Å². The summed E-state index contributed by atoms with van der Waals surface area (Å²) in [7, 11) is 12.0. The molecule has 0 aliphatic carbocycles. The van der Waals surface area contributed by atoms with Crippen LogP contribution in [0.25, 0.3) is 0 Å². The van der Waals surface area contributed by atoms with Gasteiger partial charge in [0.1, 0.15) is 26.3 Å². The Bertz CT molecular complexity index is 539. The van der Waals surface area contributed by atoms with Crippen LogP contribution in [0.5, 0.6) is 0 Å². The van der Waals surface area contributed by atoms with E-state index < -0.39 is 29.7 Å². The fraction of sp³-hybridized carbons (Fsp3) is 0.889. The molecule has 0 saturated carbocycles. The number of nitrogens with zero attached hydrogens (tertiary/aromatic N) is 2. The maximum absolute atomic E-state index is 12.6. The van der Waals surface area contributed by atoms with Gasteiger partial charge >= 0.3 is 11.9 Å². The molecule has 0 aromatic carbocycles. The van der Waals surface area contributed by atoms with Crippen molar-refractivity contribution in [2.24, 2.45) is 17.8 Å². The van der Waals surface area contributed by atoms with Gasteiger partial charge in [0.25, 0.3) is 0 Å². The van der Waals surface area contributed by atoms with Gasteiger partial charge in [-0.05, 0) is 25.2 Å². The van der Waals surface area contributed by atoms with Crippen molar-refractivity contribution in [1.29, 1.82) is 0 Å². The number of esters is 2. The fourth-order valence-corrected chi connectivity index (χ4v) is 2.66. The van der Waals surface area contributed by atoms with E-state index in [0.29, 0.717) is 35.1 Å². The Balaban J connectivity index is -0.000000261. The summed E-state index contributed by atoms with van der Waals surface area (Å²) in [6, 6.07) is 0. The average Bonchev–Trinajstić information content (AvgIpc) is 2.55. The molecule has 0 aromatic rings. The van der Waals surface area contributed by atoms with E-state index in [-0.39, 0.29) is 70.0 Å². The number of carbonyl (C=O) groups excluding carboxylic acids is 3. The van der Waals surface area contributed by atoms with Gasteiger partial charge in [0.05, 0.1) is 54.1 Å². The summed E-state index contributed by atoms with van der Waals surface area (Å²) in [6.07, 6.45) is 0.792. The molecule has 0 saturated heterocycles. The number of carboxylic acids is 1. The standard InChI is InChI=1S/C21H41N2O6.6CH4/c1-9-17(20(26)28-12-10-22(3,4)5)15-18(14-16(2)19(24)25)21(27)29-13-11-23(6,7)8;;;;;;/h16-18H,9-15H2,1-8H3;6*1H4/q+1;;;;;;. The third kappa shape index (κ3) is 25.2. The maximum atomic E-state index is 12.6. The highest BCUT2D eigenvalue weighted by atomic mass is 16.5. The van der Waals surface area contributed by atoms with E-state index in [1.165, 1.54) is 6.92 Å². The van der Waals surface area contributed by atoms with E-state index in [1.807, 2.05) is 49.2 Å². The number of carbonyl (C=O) groups is 3. The first-order valence-electron chi connectivity index (χ1n) is 10.3. The minimum atomic E-state index is -1.22. The lowest BCUT2D eigenvalue weighted by Crippen LogP contribution is -2.39. The van der Waals surface area contributed by atoms with Crippen LogP contribution in [0.4, 0.5) is 0 Å². The third-order valence-electron chi connectivity index (χ3n) is 4.78. The van der Waals surface area contributed by atoms with Crippen molar-refractivity contribution in [2.75, 3.05) is 68.6 Å². The lowest BCUT2D eigenvalue weighted by atomic mass is 9.86.